The minimum Gasteiger partial charge on any atom is -0.394 e. The first kappa shape index (κ1) is 10.1. The summed E-state index contributed by atoms with van der Waals surface area (Å²) in [4.78, 5) is 10.4. The molecule has 1 aliphatic heterocycles. The predicted molar refractivity (Wildman–Crippen MR) is 67.6 cm³/mol. The average molecular weight is 226 g/mol. The molecule has 86 valence electrons. The number of fused-ring (bicyclic) bond motifs is 1. The van der Waals surface area contributed by atoms with Gasteiger partial charge in [0.25, 0.3) is 0 Å². The fourth-order valence-electron chi connectivity index (χ4n) is 2.27. The van der Waals surface area contributed by atoms with Crippen LogP contribution in [0.5, 0.6) is 0 Å². The van der Waals surface area contributed by atoms with Gasteiger partial charge in [0.1, 0.15) is 6.33 Å². The lowest BCUT2D eigenvalue weighted by Gasteiger charge is -2.30. The molecule has 1 aromatic carbocycles. The van der Waals surface area contributed by atoms with E-state index in [0.717, 1.165) is 25.3 Å². The lowest BCUT2D eigenvalue weighted by Crippen LogP contribution is -2.31. The van der Waals surface area contributed by atoms with Gasteiger partial charge in [0.2, 0.25) is 0 Å². The molecule has 0 atom stereocenters. The number of rotatable bonds is 1. The van der Waals surface area contributed by atoms with E-state index in [4.69, 9.17) is 5.73 Å². The van der Waals surface area contributed by atoms with Crippen LogP contribution < -0.4 is 10.6 Å². The van der Waals surface area contributed by atoms with Gasteiger partial charge in [-0.15, -0.1) is 0 Å². The van der Waals surface area contributed by atoms with Crippen LogP contribution in [0.2, 0.25) is 0 Å². The van der Waals surface area contributed by atoms with E-state index in [1.165, 1.54) is 11.1 Å². The molecule has 1 aromatic heterocycles. The Bertz CT molecular complexity index is 538. The quantitative estimate of drug-likeness (QED) is 0.802. The molecule has 0 fully saturated rings. The third-order valence-electron chi connectivity index (χ3n) is 3.15. The SMILES string of the molecule is Nc1cncnc1N1CCc2ccccc2C1. The van der Waals surface area contributed by atoms with Crippen molar-refractivity contribution in [2.75, 3.05) is 17.2 Å². The van der Waals surface area contributed by atoms with E-state index < -0.39 is 0 Å². The van der Waals surface area contributed by atoms with E-state index in [1.54, 1.807) is 12.5 Å². The molecule has 0 saturated heterocycles. The standard InChI is InChI=1S/C13H14N4/c14-12-7-15-9-16-13(12)17-6-5-10-3-1-2-4-11(10)8-17/h1-4,7,9H,5-6,8,14H2. The molecule has 17 heavy (non-hydrogen) atoms. The number of anilines is 2. The monoisotopic (exact) mass is 226 g/mol. The van der Waals surface area contributed by atoms with Crippen molar-refractivity contribution in [1.29, 1.82) is 0 Å². The van der Waals surface area contributed by atoms with E-state index in [2.05, 4.69) is 39.1 Å². The normalized spacial score (nSPS) is 14.5. The van der Waals surface area contributed by atoms with Crippen LogP contribution in [0.1, 0.15) is 11.1 Å². The van der Waals surface area contributed by atoms with Gasteiger partial charge in [-0.2, -0.15) is 0 Å². The van der Waals surface area contributed by atoms with Crippen molar-refractivity contribution >= 4 is 11.5 Å². The Balaban J connectivity index is 1.92. The largest absolute Gasteiger partial charge is 0.394 e. The van der Waals surface area contributed by atoms with Crippen molar-refractivity contribution in [3.05, 3.63) is 47.9 Å². The van der Waals surface area contributed by atoms with Gasteiger partial charge >= 0.3 is 0 Å². The molecule has 4 nitrogen and oxygen atoms in total. The maximum atomic E-state index is 5.90. The second kappa shape index (κ2) is 4.05. The highest BCUT2D eigenvalue weighted by Crippen LogP contribution is 2.25. The molecule has 4 heteroatoms. The highest BCUT2D eigenvalue weighted by Gasteiger charge is 2.18. The highest BCUT2D eigenvalue weighted by atomic mass is 15.2. The number of aromatic nitrogens is 2. The van der Waals surface area contributed by atoms with E-state index in [-0.39, 0.29) is 0 Å². The first-order chi connectivity index (χ1) is 8.34. The lowest BCUT2D eigenvalue weighted by molar-refractivity contribution is 0.720. The maximum Gasteiger partial charge on any atom is 0.155 e. The fraction of sp³-hybridized carbons (Fsp3) is 0.231. The number of nitrogens with zero attached hydrogens (tertiary/aromatic N) is 3. The van der Waals surface area contributed by atoms with Crippen molar-refractivity contribution in [2.24, 2.45) is 0 Å². The molecular weight excluding hydrogens is 212 g/mol. The molecule has 0 bridgehead atoms. The van der Waals surface area contributed by atoms with Crippen molar-refractivity contribution < 1.29 is 0 Å². The summed E-state index contributed by atoms with van der Waals surface area (Å²) in [7, 11) is 0. The van der Waals surface area contributed by atoms with Crippen LogP contribution in [0.25, 0.3) is 0 Å². The first-order valence-corrected chi connectivity index (χ1v) is 5.72. The number of hydrogen-bond acceptors (Lipinski definition) is 4. The molecule has 2 N–H and O–H groups in total. The van der Waals surface area contributed by atoms with Gasteiger partial charge in [-0.05, 0) is 17.5 Å². The van der Waals surface area contributed by atoms with Gasteiger partial charge in [0.15, 0.2) is 5.82 Å². The Labute approximate surface area is 100 Å². The Kier molecular flexibility index (Phi) is 2.40. The smallest absolute Gasteiger partial charge is 0.155 e. The number of hydrogen-bond donors (Lipinski definition) is 1. The number of nitrogen functional groups attached to an aromatic ring is 1. The minimum absolute atomic E-state index is 0.645. The predicted octanol–water partition coefficient (Wildman–Crippen LogP) is 1.62. The number of nitrogens with two attached hydrogens (primary N) is 1. The summed E-state index contributed by atoms with van der Waals surface area (Å²) in [6.45, 7) is 1.83. The first-order valence-electron chi connectivity index (χ1n) is 5.72. The molecule has 0 spiro atoms. The van der Waals surface area contributed by atoms with Crippen LogP contribution >= 0.6 is 0 Å². The van der Waals surface area contributed by atoms with Gasteiger partial charge in [0.05, 0.1) is 11.9 Å². The zero-order chi connectivity index (χ0) is 11.7. The van der Waals surface area contributed by atoms with Gasteiger partial charge in [0, 0.05) is 13.1 Å². The van der Waals surface area contributed by atoms with Crippen LogP contribution in [-0.2, 0) is 13.0 Å². The van der Waals surface area contributed by atoms with E-state index in [0.29, 0.717) is 5.69 Å². The van der Waals surface area contributed by atoms with Crippen LogP contribution in [0, 0.1) is 0 Å². The second-order valence-electron chi connectivity index (χ2n) is 4.24. The maximum absolute atomic E-state index is 5.90. The Hall–Kier alpha value is -2.10. The zero-order valence-corrected chi connectivity index (χ0v) is 9.50. The van der Waals surface area contributed by atoms with Gasteiger partial charge in [-0.1, -0.05) is 24.3 Å². The third kappa shape index (κ3) is 1.82. The number of benzene rings is 1. The fourth-order valence-corrected chi connectivity index (χ4v) is 2.27. The third-order valence-corrected chi connectivity index (χ3v) is 3.15. The van der Waals surface area contributed by atoms with Crippen molar-refractivity contribution in [2.45, 2.75) is 13.0 Å². The summed E-state index contributed by atoms with van der Waals surface area (Å²) in [5, 5.41) is 0. The lowest BCUT2D eigenvalue weighted by atomic mass is 10.00. The summed E-state index contributed by atoms with van der Waals surface area (Å²) in [6.07, 6.45) is 4.24. The summed E-state index contributed by atoms with van der Waals surface area (Å²) in [5.74, 6) is 0.842. The molecule has 0 saturated carbocycles. The van der Waals surface area contributed by atoms with E-state index >= 15 is 0 Å². The van der Waals surface area contributed by atoms with E-state index in [1.807, 2.05) is 0 Å². The van der Waals surface area contributed by atoms with Crippen LogP contribution in [-0.4, -0.2) is 16.5 Å². The zero-order valence-electron chi connectivity index (χ0n) is 9.50. The van der Waals surface area contributed by atoms with Gasteiger partial charge in [-0.25, -0.2) is 9.97 Å². The Morgan fingerprint density at radius 3 is 2.82 bits per heavy atom. The average Bonchev–Trinajstić information content (AvgIpc) is 2.39. The molecule has 3 rings (SSSR count). The molecule has 0 radical (unpaired) electrons. The van der Waals surface area contributed by atoms with Crippen LogP contribution in [0.3, 0.4) is 0 Å². The van der Waals surface area contributed by atoms with Crippen LogP contribution in [0.4, 0.5) is 11.5 Å². The summed E-state index contributed by atoms with van der Waals surface area (Å²) >= 11 is 0. The Morgan fingerprint density at radius 2 is 2.00 bits per heavy atom. The minimum atomic E-state index is 0.645. The molecule has 0 aliphatic carbocycles. The molecule has 0 amide bonds. The molecule has 1 aliphatic rings. The van der Waals surface area contributed by atoms with Crippen molar-refractivity contribution in [3.8, 4) is 0 Å². The Morgan fingerprint density at radius 1 is 1.18 bits per heavy atom. The molecular formula is C13H14N4. The summed E-state index contributed by atoms with van der Waals surface area (Å²) in [6, 6.07) is 8.52. The summed E-state index contributed by atoms with van der Waals surface area (Å²) in [5.41, 5.74) is 9.34. The second-order valence-corrected chi connectivity index (χ2v) is 4.24. The summed E-state index contributed by atoms with van der Waals surface area (Å²) < 4.78 is 0. The van der Waals surface area contributed by atoms with Crippen LogP contribution in [0.15, 0.2) is 36.8 Å². The topological polar surface area (TPSA) is 55.0 Å². The van der Waals surface area contributed by atoms with Crippen molar-refractivity contribution in [1.82, 2.24) is 9.97 Å². The van der Waals surface area contributed by atoms with E-state index in [9.17, 15) is 0 Å². The molecule has 2 aromatic rings. The van der Waals surface area contributed by atoms with Gasteiger partial charge < -0.3 is 10.6 Å². The molecule has 0 unspecified atom stereocenters. The van der Waals surface area contributed by atoms with Gasteiger partial charge in [-0.3, -0.25) is 0 Å². The molecule has 2 heterocycles. The highest BCUT2D eigenvalue weighted by molar-refractivity contribution is 5.61. The van der Waals surface area contributed by atoms with Crippen molar-refractivity contribution in [3.63, 3.8) is 0 Å².